The maximum atomic E-state index is 12.2. The highest BCUT2D eigenvalue weighted by atomic mass is 16.2. The van der Waals surface area contributed by atoms with Gasteiger partial charge in [-0.1, -0.05) is 42.0 Å². The Morgan fingerprint density at radius 3 is 2.58 bits per heavy atom. The zero-order valence-corrected chi connectivity index (χ0v) is 15.5. The fraction of sp³-hybridized carbons (Fsp3) is 0.227. The first-order valence-electron chi connectivity index (χ1n) is 8.83. The molecule has 1 heterocycles. The van der Waals surface area contributed by atoms with E-state index in [-0.39, 0.29) is 6.03 Å². The largest absolute Gasteiger partial charge is 0.345 e. The summed E-state index contributed by atoms with van der Waals surface area (Å²) in [5.41, 5.74) is 6.78. The van der Waals surface area contributed by atoms with E-state index >= 15 is 0 Å². The number of nitrogens with one attached hydrogen (secondary N) is 2. The molecule has 3 rings (SSSR count). The summed E-state index contributed by atoms with van der Waals surface area (Å²) in [5, 5.41) is 5.84. The molecule has 0 bridgehead atoms. The van der Waals surface area contributed by atoms with Crippen molar-refractivity contribution in [2.24, 2.45) is 0 Å². The van der Waals surface area contributed by atoms with Crippen molar-refractivity contribution in [1.29, 1.82) is 0 Å². The molecular weight excluding hydrogens is 322 g/mol. The van der Waals surface area contributed by atoms with Gasteiger partial charge >= 0.3 is 6.03 Å². The van der Waals surface area contributed by atoms with Crippen LogP contribution in [0.5, 0.6) is 0 Å². The summed E-state index contributed by atoms with van der Waals surface area (Å²) in [6.07, 6.45) is 2.05. The van der Waals surface area contributed by atoms with Crippen molar-refractivity contribution < 1.29 is 4.79 Å². The molecule has 0 spiro atoms. The molecule has 26 heavy (non-hydrogen) atoms. The van der Waals surface area contributed by atoms with Crippen LogP contribution in [0.3, 0.4) is 0 Å². The Morgan fingerprint density at radius 2 is 1.77 bits per heavy atom. The maximum absolute atomic E-state index is 12.2. The lowest BCUT2D eigenvalue weighted by atomic mass is 10.1. The number of carbonyl (C=O) groups excluding carboxylic acids is 1. The van der Waals surface area contributed by atoms with Gasteiger partial charge in [0.1, 0.15) is 0 Å². The Kier molecular flexibility index (Phi) is 5.42. The molecule has 0 aliphatic carbocycles. The lowest BCUT2D eigenvalue weighted by molar-refractivity contribution is 0.251. The normalized spacial score (nSPS) is 10.6. The van der Waals surface area contributed by atoms with Gasteiger partial charge in [0, 0.05) is 24.1 Å². The zero-order valence-electron chi connectivity index (χ0n) is 15.5. The minimum Gasteiger partial charge on any atom is -0.345 e. The number of carbonyl (C=O) groups is 1. The highest BCUT2D eigenvalue weighted by Crippen LogP contribution is 2.15. The van der Waals surface area contributed by atoms with Gasteiger partial charge in [-0.25, -0.2) is 4.79 Å². The Bertz CT molecular complexity index is 911. The SMILES string of the molecule is Cc1ccc(C)c(Cn2cccc2CNC(=O)Nc2ccccc2C)c1. The Hall–Kier alpha value is -3.01. The number of aromatic nitrogens is 1. The van der Waals surface area contributed by atoms with E-state index < -0.39 is 0 Å². The highest BCUT2D eigenvalue weighted by molar-refractivity contribution is 5.89. The van der Waals surface area contributed by atoms with E-state index in [0.29, 0.717) is 6.54 Å². The van der Waals surface area contributed by atoms with E-state index in [4.69, 9.17) is 0 Å². The number of hydrogen-bond donors (Lipinski definition) is 2. The highest BCUT2D eigenvalue weighted by Gasteiger charge is 2.07. The van der Waals surface area contributed by atoms with E-state index in [1.165, 1.54) is 16.7 Å². The maximum Gasteiger partial charge on any atom is 0.319 e. The molecule has 0 saturated carbocycles. The predicted octanol–water partition coefficient (Wildman–Crippen LogP) is 4.78. The lowest BCUT2D eigenvalue weighted by Crippen LogP contribution is -2.29. The van der Waals surface area contributed by atoms with Gasteiger partial charge in [-0.3, -0.25) is 0 Å². The number of hydrogen-bond acceptors (Lipinski definition) is 1. The summed E-state index contributed by atoms with van der Waals surface area (Å²) in [6.45, 7) is 7.50. The molecule has 0 aliphatic heterocycles. The molecule has 2 N–H and O–H groups in total. The zero-order chi connectivity index (χ0) is 18.5. The van der Waals surface area contributed by atoms with Crippen LogP contribution < -0.4 is 10.6 Å². The number of rotatable bonds is 5. The minimum absolute atomic E-state index is 0.196. The molecule has 134 valence electrons. The van der Waals surface area contributed by atoms with Gasteiger partial charge in [-0.05, 0) is 55.7 Å². The number of benzene rings is 2. The van der Waals surface area contributed by atoms with Gasteiger partial charge in [0.2, 0.25) is 0 Å². The Labute approximate surface area is 154 Å². The Balaban J connectivity index is 1.63. The molecule has 1 aromatic heterocycles. The van der Waals surface area contributed by atoms with Crippen LogP contribution in [0.2, 0.25) is 0 Å². The molecule has 2 aromatic carbocycles. The minimum atomic E-state index is -0.196. The van der Waals surface area contributed by atoms with Crippen LogP contribution in [0.4, 0.5) is 10.5 Å². The van der Waals surface area contributed by atoms with Crippen LogP contribution in [0.15, 0.2) is 60.8 Å². The average Bonchev–Trinajstić information content (AvgIpc) is 3.05. The van der Waals surface area contributed by atoms with Crippen molar-refractivity contribution in [2.45, 2.75) is 33.9 Å². The molecule has 0 saturated heterocycles. The second kappa shape index (κ2) is 7.91. The molecule has 0 radical (unpaired) electrons. The molecule has 3 aromatic rings. The van der Waals surface area contributed by atoms with E-state index in [1.807, 2.05) is 43.3 Å². The quantitative estimate of drug-likeness (QED) is 0.685. The van der Waals surface area contributed by atoms with Crippen molar-refractivity contribution in [3.8, 4) is 0 Å². The van der Waals surface area contributed by atoms with Crippen molar-refractivity contribution >= 4 is 11.7 Å². The first-order valence-corrected chi connectivity index (χ1v) is 8.83. The average molecular weight is 347 g/mol. The van der Waals surface area contributed by atoms with Crippen LogP contribution in [-0.2, 0) is 13.1 Å². The second-order valence-electron chi connectivity index (χ2n) is 6.68. The van der Waals surface area contributed by atoms with Crippen LogP contribution >= 0.6 is 0 Å². The van der Waals surface area contributed by atoms with Crippen LogP contribution in [0, 0.1) is 20.8 Å². The molecule has 4 nitrogen and oxygen atoms in total. The summed E-state index contributed by atoms with van der Waals surface area (Å²) < 4.78 is 2.18. The van der Waals surface area contributed by atoms with E-state index in [9.17, 15) is 4.79 Å². The van der Waals surface area contributed by atoms with Gasteiger partial charge in [-0.2, -0.15) is 0 Å². The molecule has 0 aliphatic rings. The number of amides is 2. The summed E-state index contributed by atoms with van der Waals surface area (Å²) in [6, 6.07) is 18.1. The smallest absolute Gasteiger partial charge is 0.319 e. The van der Waals surface area contributed by atoms with Gasteiger partial charge in [0.05, 0.1) is 6.54 Å². The molecule has 0 atom stereocenters. The number of para-hydroxylation sites is 1. The van der Waals surface area contributed by atoms with Crippen molar-refractivity contribution in [3.63, 3.8) is 0 Å². The first-order chi connectivity index (χ1) is 12.5. The third-order valence-corrected chi connectivity index (χ3v) is 4.59. The molecule has 0 fully saturated rings. The monoisotopic (exact) mass is 347 g/mol. The van der Waals surface area contributed by atoms with Crippen molar-refractivity contribution in [2.75, 3.05) is 5.32 Å². The van der Waals surface area contributed by atoms with Gasteiger partial charge < -0.3 is 15.2 Å². The predicted molar refractivity (Wildman–Crippen MR) is 106 cm³/mol. The number of anilines is 1. The second-order valence-corrected chi connectivity index (χ2v) is 6.68. The van der Waals surface area contributed by atoms with Gasteiger partial charge in [0.15, 0.2) is 0 Å². The third-order valence-electron chi connectivity index (χ3n) is 4.59. The van der Waals surface area contributed by atoms with Gasteiger partial charge in [0.25, 0.3) is 0 Å². The fourth-order valence-electron chi connectivity index (χ4n) is 2.97. The summed E-state index contributed by atoms with van der Waals surface area (Å²) in [7, 11) is 0. The van der Waals surface area contributed by atoms with E-state index in [1.54, 1.807) is 0 Å². The molecule has 4 heteroatoms. The molecule has 2 amide bonds. The van der Waals surface area contributed by atoms with E-state index in [0.717, 1.165) is 23.5 Å². The van der Waals surface area contributed by atoms with E-state index in [2.05, 4.69) is 53.4 Å². The van der Waals surface area contributed by atoms with Crippen molar-refractivity contribution in [1.82, 2.24) is 9.88 Å². The third kappa shape index (κ3) is 4.33. The fourth-order valence-corrected chi connectivity index (χ4v) is 2.97. The topological polar surface area (TPSA) is 46.1 Å². The van der Waals surface area contributed by atoms with Crippen LogP contribution in [-0.4, -0.2) is 10.6 Å². The lowest BCUT2D eigenvalue weighted by Gasteiger charge is -2.14. The summed E-state index contributed by atoms with van der Waals surface area (Å²) in [5.74, 6) is 0. The number of urea groups is 1. The molecular formula is C22H25N3O. The number of aryl methyl sites for hydroxylation is 3. The Morgan fingerprint density at radius 1 is 0.962 bits per heavy atom. The van der Waals surface area contributed by atoms with Crippen LogP contribution in [0.25, 0.3) is 0 Å². The molecule has 0 unspecified atom stereocenters. The van der Waals surface area contributed by atoms with Crippen molar-refractivity contribution in [3.05, 3.63) is 88.7 Å². The van der Waals surface area contributed by atoms with Crippen LogP contribution in [0.1, 0.15) is 27.9 Å². The summed E-state index contributed by atoms with van der Waals surface area (Å²) >= 11 is 0. The first kappa shape index (κ1) is 17.8. The standard InChI is InChI=1S/C22H25N3O/c1-16-10-11-17(2)19(13-16)15-25-12-6-8-20(25)14-23-22(26)24-21-9-5-4-7-18(21)3/h4-13H,14-15H2,1-3H3,(H2,23,24,26). The van der Waals surface area contributed by atoms with Gasteiger partial charge in [-0.15, -0.1) is 0 Å². The summed E-state index contributed by atoms with van der Waals surface area (Å²) in [4.78, 5) is 12.2. The number of nitrogens with zero attached hydrogens (tertiary/aromatic N) is 1.